The Labute approximate surface area is 148 Å². The molecular weight excluding hydrogens is 314 g/mol. The molecule has 0 unspecified atom stereocenters. The lowest BCUT2D eigenvalue weighted by atomic mass is 10.1. The summed E-state index contributed by atoms with van der Waals surface area (Å²) >= 11 is 0. The highest BCUT2D eigenvalue weighted by atomic mass is 16.1. The van der Waals surface area contributed by atoms with Crippen LogP contribution in [0, 0.1) is 13.8 Å². The van der Waals surface area contributed by atoms with Crippen molar-refractivity contribution in [2.24, 2.45) is 0 Å². The van der Waals surface area contributed by atoms with Gasteiger partial charge in [-0.15, -0.1) is 0 Å². The van der Waals surface area contributed by atoms with Gasteiger partial charge >= 0.3 is 0 Å². The van der Waals surface area contributed by atoms with E-state index in [1.165, 1.54) is 0 Å². The molecule has 25 heavy (non-hydrogen) atoms. The number of carbonyl (C=O) groups excluding carboxylic acids is 1. The molecule has 0 spiro atoms. The maximum Gasteiger partial charge on any atom is 0.258 e. The average Bonchev–Trinajstić information content (AvgIpc) is 2.65. The first-order chi connectivity index (χ1) is 12.1. The van der Waals surface area contributed by atoms with Gasteiger partial charge in [-0.2, -0.15) is 0 Å². The van der Waals surface area contributed by atoms with E-state index >= 15 is 0 Å². The molecular formula is C19H25N5O. The summed E-state index contributed by atoms with van der Waals surface area (Å²) in [6.45, 7) is 11.1. The van der Waals surface area contributed by atoms with Crippen molar-refractivity contribution in [3.63, 3.8) is 0 Å². The number of para-hydroxylation sites is 1. The second kappa shape index (κ2) is 7.61. The van der Waals surface area contributed by atoms with Crippen molar-refractivity contribution in [1.82, 2.24) is 14.9 Å². The molecule has 1 aromatic carbocycles. The predicted molar refractivity (Wildman–Crippen MR) is 100 cm³/mol. The van der Waals surface area contributed by atoms with Crippen molar-refractivity contribution in [3.05, 3.63) is 47.3 Å². The fourth-order valence-electron chi connectivity index (χ4n) is 3.06. The molecule has 3 rings (SSSR count). The Morgan fingerprint density at radius 2 is 1.68 bits per heavy atom. The number of benzene rings is 1. The van der Waals surface area contributed by atoms with E-state index < -0.39 is 0 Å². The van der Waals surface area contributed by atoms with E-state index in [-0.39, 0.29) is 5.91 Å². The minimum absolute atomic E-state index is 0.181. The van der Waals surface area contributed by atoms with Crippen molar-refractivity contribution in [3.8, 4) is 0 Å². The van der Waals surface area contributed by atoms with E-state index in [1.54, 1.807) is 12.4 Å². The van der Waals surface area contributed by atoms with Crippen LogP contribution >= 0.6 is 0 Å². The van der Waals surface area contributed by atoms with Crippen LogP contribution in [-0.4, -0.2) is 53.5 Å². The van der Waals surface area contributed by atoms with Gasteiger partial charge in [-0.1, -0.05) is 25.1 Å². The first kappa shape index (κ1) is 17.4. The molecule has 6 heteroatoms. The number of carbonyl (C=O) groups is 1. The number of piperazine rings is 1. The number of aryl methyl sites for hydroxylation is 2. The highest BCUT2D eigenvalue weighted by Crippen LogP contribution is 2.20. The molecule has 1 N–H and O–H groups in total. The van der Waals surface area contributed by atoms with Crippen LogP contribution in [0.2, 0.25) is 0 Å². The smallest absolute Gasteiger partial charge is 0.258 e. The quantitative estimate of drug-likeness (QED) is 0.927. The third-order valence-corrected chi connectivity index (χ3v) is 4.72. The molecule has 2 heterocycles. The van der Waals surface area contributed by atoms with Crippen molar-refractivity contribution >= 4 is 17.5 Å². The van der Waals surface area contributed by atoms with Crippen LogP contribution < -0.4 is 10.2 Å². The van der Waals surface area contributed by atoms with Crippen molar-refractivity contribution < 1.29 is 4.79 Å². The van der Waals surface area contributed by atoms with Gasteiger partial charge in [0.05, 0.1) is 5.56 Å². The number of likely N-dealkylation sites (N-methyl/N-ethyl adjacent to an activating group) is 1. The Hall–Kier alpha value is -2.47. The number of rotatable bonds is 4. The molecule has 1 aliphatic heterocycles. The summed E-state index contributed by atoms with van der Waals surface area (Å²) in [7, 11) is 0. The molecule has 0 radical (unpaired) electrons. The summed E-state index contributed by atoms with van der Waals surface area (Å²) in [4.78, 5) is 25.8. The van der Waals surface area contributed by atoms with Gasteiger partial charge in [0.1, 0.15) is 0 Å². The highest BCUT2D eigenvalue weighted by molar-refractivity contribution is 6.04. The molecule has 6 nitrogen and oxygen atoms in total. The van der Waals surface area contributed by atoms with Crippen LogP contribution in [0.4, 0.5) is 11.6 Å². The maximum atomic E-state index is 12.5. The summed E-state index contributed by atoms with van der Waals surface area (Å²) in [5, 5.41) is 2.97. The lowest BCUT2D eigenvalue weighted by Gasteiger charge is -2.33. The summed E-state index contributed by atoms with van der Waals surface area (Å²) in [6, 6.07) is 5.95. The monoisotopic (exact) mass is 339 g/mol. The number of nitrogens with one attached hydrogen (secondary N) is 1. The summed E-state index contributed by atoms with van der Waals surface area (Å²) in [5.41, 5.74) is 3.41. The van der Waals surface area contributed by atoms with Crippen molar-refractivity contribution in [1.29, 1.82) is 0 Å². The molecule has 0 aliphatic carbocycles. The highest BCUT2D eigenvalue weighted by Gasteiger charge is 2.18. The molecule has 1 aliphatic rings. The van der Waals surface area contributed by atoms with Gasteiger partial charge in [-0.25, -0.2) is 9.97 Å². The van der Waals surface area contributed by atoms with Gasteiger partial charge in [0.15, 0.2) is 0 Å². The summed E-state index contributed by atoms with van der Waals surface area (Å²) in [5.74, 6) is 0.513. The number of nitrogens with zero attached hydrogens (tertiary/aromatic N) is 4. The molecule has 132 valence electrons. The minimum Gasteiger partial charge on any atom is -0.338 e. The zero-order valence-electron chi connectivity index (χ0n) is 15.1. The predicted octanol–water partition coefficient (Wildman–Crippen LogP) is 2.49. The normalized spacial score (nSPS) is 15.2. The molecule has 0 atom stereocenters. The summed E-state index contributed by atoms with van der Waals surface area (Å²) < 4.78 is 0. The molecule has 1 saturated heterocycles. The number of hydrogen-bond donors (Lipinski definition) is 1. The Morgan fingerprint density at radius 1 is 1.08 bits per heavy atom. The lowest BCUT2D eigenvalue weighted by Crippen LogP contribution is -2.46. The molecule has 0 bridgehead atoms. The summed E-state index contributed by atoms with van der Waals surface area (Å²) in [6.07, 6.45) is 3.22. The van der Waals surface area contributed by atoms with Crippen molar-refractivity contribution in [2.45, 2.75) is 20.8 Å². The fourth-order valence-corrected chi connectivity index (χ4v) is 3.06. The minimum atomic E-state index is -0.181. The van der Waals surface area contributed by atoms with E-state index in [2.05, 4.69) is 32.0 Å². The van der Waals surface area contributed by atoms with Crippen LogP contribution in [0.25, 0.3) is 0 Å². The first-order valence-corrected chi connectivity index (χ1v) is 8.75. The lowest BCUT2D eigenvalue weighted by molar-refractivity contribution is 0.102. The van der Waals surface area contributed by atoms with Crippen LogP contribution in [-0.2, 0) is 0 Å². The Kier molecular flexibility index (Phi) is 5.28. The van der Waals surface area contributed by atoms with Crippen molar-refractivity contribution in [2.75, 3.05) is 42.9 Å². The SMILES string of the molecule is CCN1CCN(c2ncc(C(=O)Nc3c(C)cccc3C)cn2)CC1. The van der Waals surface area contributed by atoms with E-state index in [0.717, 1.165) is 49.5 Å². The van der Waals surface area contributed by atoms with Crippen LogP contribution in [0.1, 0.15) is 28.4 Å². The van der Waals surface area contributed by atoms with Gasteiger partial charge in [-0.3, -0.25) is 4.79 Å². The third-order valence-electron chi connectivity index (χ3n) is 4.72. The zero-order valence-corrected chi connectivity index (χ0v) is 15.1. The second-order valence-corrected chi connectivity index (χ2v) is 6.41. The van der Waals surface area contributed by atoms with E-state index in [0.29, 0.717) is 11.5 Å². The molecule has 0 saturated carbocycles. The van der Waals surface area contributed by atoms with Gasteiger partial charge in [0.25, 0.3) is 5.91 Å². The standard InChI is InChI=1S/C19H25N5O/c1-4-23-8-10-24(11-9-23)19-20-12-16(13-21-19)18(25)22-17-14(2)6-5-7-15(17)3/h5-7,12-13H,4,8-11H2,1-3H3,(H,22,25). The van der Waals surface area contributed by atoms with Gasteiger partial charge in [0, 0.05) is 44.3 Å². The molecule has 1 amide bonds. The second-order valence-electron chi connectivity index (χ2n) is 6.41. The van der Waals surface area contributed by atoms with Crippen LogP contribution in [0.3, 0.4) is 0 Å². The Bertz CT molecular complexity index is 716. The van der Waals surface area contributed by atoms with Gasteiger partial charge in [-0.05, 0) is 31.5 Å². The number of anilines is 2. The topological polar surface area (TPSA) is 61.4 Å². The number of aromatic nitrogens is 2. The van der Waals surface area contributed by atoms with Crippen LogP contribution in [0.5, 0.6) is 0 Å². The molecule has 2 aromatic rings. The van der Waals surface area contributed by atoms with E-state index in [4.69, 9.17) is 0 Å². The number of hydrogen-bond acceptors (Lipinski definition) is 5. The van der Waals surface area contributed by atoms with E-state index in [1.807, 2.05) is 32.0 Å². The van der Waals surface area contributed by atoms with E-state index in [9.17, 15) is 4.79 Å². The molecule has 1 aromatic heterocycles. The fraction of sp³-hybridized carbons (Fsp3) is 0.421. The zero-order chi connectivity index (χ0) is 17.8. The van der Waals surface area contributed by atoms with Crippen LogP contribution in [0.15, 0.2) is 30.6 Å². The third kappa shape index (κ3) is 3.96. The largest absolute Gasteiger partial charge is 0.338 e. The molecule has 1 fully saturated rings. The maximum absolute atomic E-state index is 12.5. The average molecular weight is 339 g/mol. The Balaban J connectivity index is 1.67. The first-order valence-electron chi connectivity index (χ1n) is 8.75. The van der Waals surface area contributed by atoms with Gasteiger partial charge in [0.2, 0.25) is 5.95 Å². The number of amides is 1. The Morgan fingerprint density at radius 3 is 2.24 bits per heavy atom. The van der Waals surface area contributed by atoms with Gasteiger partial charge < -0.3 is 15.1 Å².